The lowest BCUT2D eigenvalue weighted by Gasteiger charge is -2.45. The summed E-state index contributed by atoms with van der Waals surface area (Å²) in [6.45, 7) is 6.21. The van der Waals surface area contributed by atoms with Crippen LogP contribution in [0, 0.1) is 0 Å². The van der Waals surface area contributed by atoms with Crippen LogP contribution in [-0.2, 0) is 0 Å². The first-order chi connectivity index (χ1) is 9.79. The van der Waals surface area contributed by atoms with Gasteiger partial charge in [0.1, 0.15) is 0 Å². The minimum atomic E-state index is -1.07. The van der Waals surface area contributed by atoms with Crippen LogP contribution < -0.4 is 5.32 Å². The summed E-state index contributed by atoms with van der Waals surface area (Å²) < 4.78 is 0. The van der Waals surface area contributed by atoms with Crippen molar-refractivity contribution in [3.8, 4) is 0 Å². The van der Waals surface area contributed by atoms with Gasteiger partial charge in [0.2, 0.25) is 0 Å². The molecular weight excluding hydrogens is 272 g/mol. The standard InChI is InChI=1S/C14H20N4O3/c1-14(2)9-18(5-4-17(14)3)13(21)16-11-6-10(12(19)20)7-15-8-11/h6-8H,4-5,9H2,1-3H3,(H,16,21)(H,19,20). The largest absolute Gasteiger partial charge is 0.478 e. The predicted octanol–water partition coefficient (Wildman–Crippen LogP) is 1.34. The van der Waals surface area contributed by atoms with Crippen molar-refractivity contribution >= 4 is 17.7 Å². The van der Waals surface area contributed by atoms with Crippen molar-refractivity contribution < 1.29 is 14.7 Å². The molecule has 0 radical (unpaired) electrons. The first kappa shape index (κ1) is 15.2. The second kappa shape index (κ2) is 5.69. The van der Waals surface area contributed by atoms with Crippen LogP contribution in [0.5, 0.6) is 0 Å². The van der Waals surface area contributed by atoms with Crippen molar-refractivity contribution in [3.63, 3.8) is 0 Å². The number of pyridine rings is 1. The number of nitrogens with zero attached hydrogens (tertiary/aromatic N) is 3. The minimum absolute atomic E-state index is 0.0477. The molecule has 1 aromatic rings. The molecule has 1 aromatic heterocycles. The smallest absolute Gasteiger partial charge is 0.337 e. The predicted molar refractivity (Wildman–Crippen MR) is 78.5 cm³/mol. The fourth-order valence-corrected chi connectivity index (χ4v) is 2.24. The van der Waals surface area contributed by atoms with Crippen LogP contribution in [0.2, 0.25) is 0 Å². The maximum absolute atomic E-state index is 12.3. The van der Waals surface area contributed by atoms with Gasteiger partial charge in [0.15, 0.2) is 0 Å². The molecule has 0 aliphatic carbocycles. The number of anilines is 1. The molecule has 2 rings (SSSR count). The van der Waals surface area contributed by atoms with Crippen molar-refractivity contribution in [2.24, 2.45) is 0 Å². The van der Waals surface area contributed by atoms with Crippen molar-refractivity contribution in [1.82, 2.24) is 14.8 Å². The average molecular weight is 292 g/mol. The number of carbonyl (C=O) groups is 2. The second-order valence-corrected chi connectivity index (χ2v) is 5.85. The lowest BCUT2D eigenvalue weighted by molar-refractivity contribution is 0.0608. The average Bonchev–Trinajstić information content (AvgIpc) is 2.42. The molecule has 114 valence electrons. The third-order valence-electron chi connectivity index (χ3n) is 3.84. The molecule has 1 aliphatic heterocycles. The van der Waals surface area contributed by atoms with E-state index in [-0.39, 0.29) is 17.1 Å². The summed E-state index contributed by atoms with van der Waals surface area (Å²) in [5.74, 6) is -1.07. The van der Waals surface area contributed by atoms with Gasteiger partial charge in [-0.2, -0.15) is 0 Å². The molecule has 2 heterocycles. The summed E-state index contributed by atoms with van der Waals surface area (Å²) in [5.41, 5.74) is 0.347. The summed E-state index contributed by atoms with van der Waals surface area (Å²) in [6, 6.07) is 1.16. The van der Waals surface area contributed by atoms with E-state index in [1.165, 1.54) is 18.5 Å². The van der Waals surface area contributed by atoms with Gasteiger partial charge in [-0.3, -0.25) is 9.88 Å². The number of amides is 2. The first-order valence-corrected chi connectivity index (χ1v) is 6.75. The number of likely N-dealkylation sites (N-methyl/N-ethyl adjacent to an activating group) is 1. The van der Waals surface area contributed by atoms with Crippen molar-refractivity contribution in [2.75, 3.05) is 32.0 Å². The first-order valence-electron chi connectivity index (χ1n) is 6.75. The molecule has 0 unspecified atom stereocenters. The summed E-state index contributed by atoms with van der Waals surface area (Å²) in [6.07, 6.45) is 2.68. The Hall–Kier alpha value is -2.15. The fraction of sp³-hybridized carbons (Fsp3) is 0.500. The topological polar surface area (TPSA) is 85.8 Å². The molecule has 0 aromatic carbocycles. The van der Waals surface area contributed by atoms with Crippen molar-refractivity contribution in [1.29, 1.82) is 0 Å². The molecule has 0 spiro atoms. The lowest BCUT2D eigenvalue weighted by Crippen LogP contribution is -2.59. The number of aromatic nitrogens is 1. The Labute approximate surface area is 123 Å². The molecule has 21 heavy (non-hydrogen) atoms. The van der Waals surface area contributed by atoms with Crippen LogP contribution in [0.25, 0.3) is 0 Å². The third-order valence-corrected chi connectivity index (χ3v) is 3.84. The summed E-state index contributed by atoms with van der Waals surface area (Å²) >= 11 is 0. The summed E-state index contributed by atoms with van der Waals surface area (Å²) in [4.78, 5) is 30.9. The van der Waals surface area contributed by atoms with E-state index in [1.807, 2.05) is 7.05 Å². The molecule has 0 bridgehead atoms. The maximum Gasteiger partial charge on any atom is 0.337 e. The van der Waals surface area contributed by atoms with Crippen LogP contribution in [0.15, 0.2) is 18.5 Å². The fourth-order valence-electron chi connectivity index (χ4n) is 2.24. The van der Waals surface area contributed by atoms with Gasteiger partial charge in [-0.15, -0.1) is 0 Å². The molecule has 1 aliphatic rings. The Bertz CT molecular complexity index is 559. The number of carbonyl (C=O) groups excluding carboxylic acids is 1. The molecule has 7 nitrogen and oxygen atoms in total. The van der Waals surface area contributed by atoms with E-state index < -0.39 is 5.97 Å². The number of carboxylic acids is 1. The van der Waals surface area contributed by atoms with Crippen molar-refractivity contribution in [2.45, 2.75) is 19.4 Å². The highest BCUT2D eigenvalue weighted by Crippen LogP contribution is 2.19. The molecule has 7 heteroatoms. The second-order valence-electron chi connectivity index (χ2n) is 5.85. The Kier molecular flexibility index (Phi) is 4.13. The number of carboxylic acid groups (broad SMARTS) is 1. The van der Waals surface area contributed by atoms with Crippen LogP contribution in [0.3, 0.4) is 0 Å². The van der Waals surface area contributed by atoms with Gasteiger partial charge in [-0.05, 0) is 27.0 Å². The Morgan fingerprint density at radius 2 is 2.05 bits per heavy atom. The van der Waals surface area contributed by atoms with Gasteiger partial charge in [-0.25, -0.2) is 9.59 Å². The van der Waals surface area contributed by atoms with E-state index in [9.17, 15) is 9.59 Å². The highest BCUT2D eigenvalue weighted by molar-refractivity contribution is 5.92. The molecular formula is C14H20N4O3. The number of hydrogen-bond acceptors (Lipinski definition) is 4. The van der Waals surface area contributed by atoms with Gasteiger partial charge in [-0.1, -0.05) is 0 Å². The number of nitrogens with one attached hydrogen (secondary N) is 1. The summed E-state index contributed by atoms with van der Waals surface area (Å²) in [5, 5.41) is 11.6. The normalized spacial score (nSPS) is 18.3. The molecule has 0 saturated carbocycles. The molecule has 1 saturated heterocycles. The highest BCUT2D eigenvalue weighted by atomic mass is 16.4. The number of rotatable bonds is 2. The number of piperazine rings is 1. The van der Waals surface area contributed by atoms with E-state index in [0.717, 1.165) is 6.54 Å². The van der Waals surface area contributed by atoms with Gasteiger partial charge in [0.25, 0.3) is 0 Å². The zero-order valence-corrected chi connectivity index (χ0v) is 12.5. The van der Waals surface area contributed by atoms with Gasteiger partial charge in [0.05, 0.1) is 17.4 Å². The van der Waals surface area contributed by atoms with E-state index in [0.29, 0.717) is 18.8 Å². The molecule has 1 fully saturated rings. The van der Waals surface area contributed by atoms with E-state index in [2.05, 4.69) is 29.0 Å². The molecule has 0 atom stereocenters. The third kappa shape index (κ3) is 3.49. The molecule has 2 N–H and O–H groups in total. The number of urea groups is 1. The van der Waals surface area contributed by atoms with Gasteiger partial charge >= 0.3 is 12.0 Å². The quantitative estimate of drug-likeness (QED) is 0.859. The monoisotopic (exact) mass is 292 g/mol. The van der Waals surface area contributed by atoms with Gasteiger partial charge in [0, 0.05) is 31.4 Å². The Morgan fingerprint density at radius 3 is 2.67 bits per heavy atom. The number of hydrogen-bond donors (Lipinski definition) is 2. The van der Waals surface area contributed by atoms with E-state index in [1.54, 1.807) is 4.90 Å². The number of aromatic carboxylic acids is 1. The SMILES string of the molecule is CN1CCN(C(=O)Nc2cncc(C(=O)O)c2)CC1(C)C. The van der Waals surface area contributed by atoms with E-state index >= 15 is 0 Å². The highest BCUT2D eigenvalue weighted by Gasteiger charge is 2.33. The van der Waals surface area contributed by atoms with Crippen molar-refractivity contribution in [3.05, 3.63) is 24.0 Å². The van der Waals surface area contributed by atoms with Crippen LogP contribution in [-0.4, -0.2) is 64.1 Å². The zero-order chi connectivity index (χ0) is 15.6. The minimum Gasteiger partial charge on any atom is -0.478 e. The Morgan fingerprint density at radius 1 is 1.33 bits per heavy atom. The summed E-state index contributed by atoms with van der Waals surface area (Å²) in [7, 11) is 2.04. The van der Waals surface area contributed by atoms with Crippen LogP contribution >= 0.6 is 0 Å². The lowest BCUT2D eigenvalue weighted by atomic mass is 10.0. The van der Waals surface area contributed by atoms with Crippen LogP contribution in [0.4, 0.5) is 10.5 Å². The van der Waals surface area contributed by atoms with Gasteiger partial charge < -0.3 is 15.3 Å². The zero-order valence-electron chi connectivity index (χ0n) is 12.5. The van der Waals surface area contributed by atoms with Crippen LogP contribution in [0.1, 0.15) is 24.2 Å². The Balaban J connectivity index is 2.05. The van der Waals surface area contributed by atoms with E-state index in [4.69, 9.17) is 5.11 Å². The molecule has 2 amide bonds. The maximum atomic E-state index is 12.3.